The average Bonchev–Trinajstić information content (AvgIpc) is 3.20. The van der Waals surface area contributed by atoms with Crippen molar-refractivity contribution in [3.63, 3.8) is 0 Å². The van der Waals surface area contributed by atoms with Gasteiger partial charge in [0.1, 0.15) is 17.3 Å². The zero-order valence-electron chi connectivity index (χ0n) is 13.9. The summed E-state index contributed by atoms with van der Waals surface area (Å²) in [7, 11) is 1.85. The molecule has 26 heavy (non-hydrogen) atoms. The molecule has 0 radical (unpaired) electrons. The lowest BCUT2D eigenvalue weighted by atomic mass is 10.2. The Kier molecular flexibility index (Phi) is 4.26. The van der Waals surface area contributed by atoms with E-state index in [9.17, 15) is 0 Å². The lowest BCUT2D eigenvalue weighted by Crippen LogP contribution is -2.06. The molecule has 0 spiro atoms. The summed E-state index contributed by atoms with van der Waals surface area (Å²) in [4.78, 5) is 8.55. The molecule has 4 aromatic heterocycles. The lowest BCUT2D eigenvalue weighted by Gasteiger charge is -2.16. The molecule has 9 heteroatoms. The van der Waals surface area contributed by atoms with E-state index in [1.165, 1.54) is 12.4 Å². The van der Waals surface area contributed by atoms with Crippen molar-refractivity contribution in [2.75, 3.05) is 0 Å². The van der Waals surface area contributed by atoms with Crippen LogP contribution in [0, 0.1) is 0 Å². The maximum atomic E-state index is 6.20. The van der Waals surface area contributed by atoms with Crippen molar-refractivity contribution in [1.29, 1.82) is 0 Å². The van der Waals surface area contributed by atoms with E-state index in [1.54, 1.807) is 16.9 Å². The SMILES string of the molecule is C[C@@H](Oc1ccc2[nH]nc(-c3cnn(C)c3)c2n1)c1c(Cl)cncc1Cl. The molecule has 4 heterocycles. The van der Waals surface area contributed by atoms with Gasteiger partial charge in [0.05, 0.1) is 21.8 Å². The van der Waals surface area contributed by atoms with Crippen LogP contribution in [0.1, 0.15) is 18.6 Å². The molecule has 7 nitrogen and oxygen atoms in total. The average molecular weight is 389 g/mol. The number of rotatable bonds is 4. The van der Waals surface area contributed by atoms with Gasteiger partial charge in [-0.2, -0.15) is 10.2 Å². The Balaban J connectivity index is 1.69. The van der Waals surface area contributed by atoms with E-state index in [4.69, 9.17) is 27.9 Å². The van der Waals surface area contributed by atoms with Gasteiger partial charge in [-0.05, 0) is 13.0 Å². The molecule has 4 aromatic rings. The first-order valence-electron chi connectivity index (χ1n) is 7.82. The van der Waals surface area contributed by atoms with E-state index >= 15 is 0 Å². The van der Waals surface area contributed by atoms with Gasteiger partial charge >= 0.3 is 0 Å². The number of pyridine rings is 2. The number of hydrogen-bond acceptors (Lipinski definition) is 5. The second-order valence-electron chi connectivity index (χ2n) is 5.80. The van der Waals surface area contributed by atoms with Crippen molar-refractivity contribution in [3.8, 4) is 17.1 Å². The van der Waals surface area contributed by atoms with Crippen molar-refractivity contribution < 1.29 is 4.74 Å². The first kappa shape index (κ1) is 16.8. The first-order chi connectivity index (χ1) is 12.5. The van der Waals surface area contributed by atoms with Gasteiger partial charge in [-0.1, -0.05) is 23.2 Å². The summed E-state index contributed by atoms with van der Waals surface area (Å²) in [5, 5.41) is 12.4. The zero-order chi connectivity index (χ0) is 18.3. The Bertz CT molecular complexity index is 1070. The van der Waals surface area contributed by atoms with Crippen molar-refractivity contribution in [1.82, 2.24) is 29.9 Å². The molecule has 1 N–H and O–H groups in total. The molecule has 0 bridgehead atoms. The standard InChI is InChI=1S/C17H14Cl2N6O/c1-9(15-11(18)6-20-7-12(15)19)26-14-4-3-13-17(22-14)16(24-23-13)10-5-21-25(2)8-10/h3-9H,1-2H3,(H,23,24)/t9-/m1/s1. The minimum Gasteiger partial charge on any atom is -0.470 e. The normalized spacial score (nSPS) is 12.5. The Hall–Kier alpha value is -2.64. The highest BCUT2D eigenvalue weighted by molar-refractivity contribution is 6.35. The lowest BCUT2D eigenvalue weighted by molar-refractivity contribution is 0.218. The number of hydrogen-bond donors (Lipinski definition) is 1. The van der Waals surface area contributed by atoms with Crippen LogP contribution in [0.15, 0.2) is 36.9 Å². The van der Waals surface area contributed by atoms with Crippen LogP contribution in [0.25, 0.3) is 22.3 Å². The van der Waals surface area contributed by atoms with E-state index in [1.807, 2.05) is 26.2 Å². The van der Waals surface area contributed by atoms with Gasteiger partial charge in [-0.15, -0.1) is 0 Å². The zero-order valence-corrected chi connectivity index (χ0v) is 15.5. The number of aryl methyl sites for hydroxylation is 1. The number of aromatic amines is 1. The van der Waals surface area contributed by atoms with Gasteiger partial charge in [-0.25, -0.2) is 4.98 Å². The molecule has 0 saturated carbocycles. The molecule has 4 rings (SSSR count). The molecule has 132 valence electrons. The van der Waals surface area contributed by atoms with Crippen molar-refractivity contribution in [2.24, 2.45) is 7.05 Å². The monoisotopic (exact) mass is 388 g/mol. The van der Waals surface area contributed by atoms with E-state index < -0.39 is 6.10 Å². The Morgan fingerprint density at radius 2 is 1.92 bits per heavy atom. The van der Waals surface area contributed by atoms with Crippen LogP contribution in [0.3, 0.4) is 0 Å². The van der Waals surface area contributed by atoms with E-state index in [0.717, 1.165) is 11.1 Å². The maximum absolute atomic E-state index is 6.20. The number of halogens is 2. The van der Waals surface area contributed by atoms with Crippen LogP contribution in [0.4, 0.5) is 0 Å². The largest absolute Gasteiger partial charge is 0.470 e. The Morgan fingerprint density at radius 1 is 1.15 bits per heavy atom. The van der Waals surface area contributed by atoms with Gasteiger partial charge in [0.15, 0.2) is 0 Å². The quantitative estimate of drug-likeness (QED) is 0.566. The fourth-order valence-electron chi connectivity index (χ4n) is 2.74. The molecule has 0 aliphatic heterocycles. The second-order valence-corrected chi connectivity index (χ2v) is 6.61. The summed E-state index contributed by atoms with van der Waals surface area (Å²) in [5.41, 5.74) is 3.77. The molecule has 0 saturated heterocycles. The second kappa shape index (κ2) is 6.59. The smallest absolute Gasteiger partial charge is 0.214 e. The molecular weight excluding hydrogens is 375 g/mol. The number of nitrogens with one attached hydrogen (secondary N) is 1. The Labute approximate surface area is 158 Å². The maximum Gasteiger partial charge on any atom is 0.214 e. The van der Waals surface area contributed by atoms with Crippen molar-refractivity contribution in [3.05, 3.63) is 52.5 Å². The van der Waals surface area contributed by atoms with Gasteiger partial charge in [0, 0.05) is 42.8 Å². The molecule has 0 aliphatic carbocycles. The molecule has 0 unspecified atom stereocenters. The molecule has 0 amide bonds. The highest BCUT2D eigenvalue weighted by Crippen LogP contribution is 2.33. The summed E-state index contributed by atoms with van der Waals surface area (Å²) in [5.74, 6) is 0.445. The summed E-state index contributed by atoms with van der Waals surface area (Å²) >= 11 is 12.4. The van der Waals surface area contributed by atoms with E-state index in [2.05, 4.69) is 25.3 Å². The minimum absolute atomic E-state index is 0.392. The van der Waals surface area contributed by atoms with Crippen LogP contribution in [0.5, 0.6) is 5.88 Å². The predicted molar refractivity (Wildman–Crippen MR) is 99.4 cm³/mol. The summed E-state index contributed by atoms with van der Waals surface area (Å²) in [6.45, 7) is 1.86. The topological polar surface area (TPSA) is 81.5 Å². The third kappa shape index (κ3) is 3.00. The summed E-state index contributed by atoms with van der Waals surface area (Å²) in [6, 6.07) is 3.64. The number of aromatic nitrogens is 6. The van der Waals surface area contributed by atoms with Crippen molar-refractivity contribution >= 4 is 34.2 Å². The molecule has 0 aromatic carbocycles. The van der Waals surface area contributed by atoms with Crippen LogP contribution in [0.2, 0.25) is 10.0 Å². The number of ether oxygens (including phenoxy) is 1. The van der Waals surface area contributed by atoms with E-state index in [-0.39, 0.29) is 0 Å². The highest BCUT2D eigenvalue weighted by Gasteiger charge is 2.18. The van der Waals surface area contributed by atoms with Crippen LogP contribution >= 0.6 is 23.2 Å². The van der Waals surface area contributed by atoms with Gasteiger partial charge in [0.25, 0.3) is 0 Å². The molecular formula is C17H14Cl2N6O. The number of nitrogens with zero attached hydrogens (tertiary/aromatic N) is 5. The Morgan fingerprint density at radius 3 is 2.62 bits per heavy atom. The van der Waals surface area contributed by atoms with Gasteiger partial charge < -0.3 is 4.74 Å². The van der Waals surface area contributed by atoms with Crippen LogP contribution in [-0.4, -0.2) is 29.9 Å². The van der Waals surface area contributed by atoms with Gasteiger partial charge in [-0.3, -0.25) is 14.8 Å². The number of H-pyrrole nitrogens is 1. The molecule has 0 fully saturated rings. The molecule has 1 atom stereocenters. The van der Waals surface area contributed by atoms with Gasteiger partial charge in [0.2, 0.25) is 5.88 Å². The van der Waals surface area contributed by atoms with Crippen LogP contribution < -0.4 is 4.74 Å². The third-order valence-corrected chi connectivity index (χ3v) is 4.56. The number of fused-ring (bicyclic) bond motifs is 1. The summed E-state index contributed by atoms with van der Waals surface area (Å²) in [6.07, 6.45) is 6.30. The predicted octanol–water partition coefficient (Wildman–Crippen LogP) is 4.20. The summed E-state index contributed by atoms with van der Waals surface area (Å²) < 4.78 is 7.68. The van der Waals surface area contributed by atoms with E-state index in [0.29, 0.717) is 32.7 Å². The fraction of sp³-hybridized carbons (Fsp3) is 0.176. The highest BCUT2D eigenvalue weighted by atomic mass is 35.5. The van der Waals surface area contributed by atoms with Crippen LogP contribution in [-0.2, 0) is 7.05 Å². The fourth-order valence-corrected chi connectivity index (χ4v) is 3.41. The van der Waals surface area contributed by atoms with Crippen molar-refractivity contribution in [2.45, 2.75) is 13.0 Å². The third-order valence-electron chi connectivity index (χ3n) is 3.95. The first-order valence-corrected chi connectivity index (χ1v) is 8.58. The molecule has 0 aliphatic rings. The minimum atomic E-state index is -0.392.